The van der Waals surface area contributed by atoms with E-state index < -0.39 is 51.3 Å². The monoisotopic (exact) mass is 733 g/mol. The molecule has 0 aliphatic heterocycles. The third kappa shape index (κ3) is 7.33. The summed E-state index contributed by atoms with van der Waals surface area (Å²) in [4.78, 5) is 10.2. The molecule has 0 unspecified atom stereocenters. The number of phenolic OH excluding ortho intramolecular Hbond substituents is 2. The number of aromatic hydroxyl groups is 2. The molecule has 5 rings (SSSR count). The van der Waals surface area contributed by atoms with Gasteiger partial charge in [0.1, 0.15) is 22.0 Å². The van der Waals surface area contributed by atoms with Gasteiger partial charge in [-0.1, -0.05) is 18.7 Å². The molecule has 4 aromatic carbocycles. The predicted molar refractivity (Wildman–Crippen MR) is 173 cm³/mol. The van der Waals surface area contributed by atoms with Crippen LogP contribution in [-0.4, -0.2) is 59.5 Å². The number of sulfone groups is 1. The summed E-state index contributed by atoms with van der Waals surface area (Å²) in [6.45, 7) is 3.27. The van der Waals surface area contributed by atoms with Crippen molar-refractivity contribution in [3.05, 3.63) is 84.0 Å². The van der Waals surface area contributed by atoms with E-state index in [-0.39, 0.29) is 50.0 Å². The third-order valence-corrected chi connectivity index (χ3v) is 9.59. The average Bonchev–Trinajstić information content (AvgIpc) is 3.00. The van der Waals surface area contributed by atoms with Crippen LogP contribution in [0.2, 0.25) is 5.28 Å². The molecule has 0 amide bonds. The molecule has 6 N–H and O–H groups in total. The first-order chi connectivity index (χ1) is 22.5. The van der Waals surface area contributed by atoms with Gasteiger partial charge < -0.3 is 20.8 Å². The number of nitrogens with zero attached hydrogens (tertiary/aromatic N) is 5. The van der Waals surface area contributed by atoms with Gasteiger partial charge in [-0.25, -0.2) is 8.42 Å². The summed E-state index contributed by atoms with van der Waals surface area (Å²) in [7, 11) is -13.8. The number of fused-ring (bicyclic) bond motifs is 1. The van der Waals surface area contributed by atoms with Gasteiger partial charge in [0.2, 0.25) is 17.2 Å². The van der Waals surface area contributed by atoms with E-state index in [0.29, 0.717) is 5.69 Å². The van der Waals surface area contributed by atoms with E-state index in [1.165, 1.54) is 48.5 Å². The lowest BCUT2D eigenvalue weighted by Crippen LogP contribution is -2.06. The van der Waals surface area contributed by atoms with E-state index in [2.05, 4.69) is 42.4 Å². The maximum Gasteiger partial charge on any atom is 0.296 e. The maximum absolute atomic E-state index is 12.3. The fraction of sp³-hybridized carbons (Fsp3) is 0. The Morgan fingerprint density at radius 1 is 0.771 bits per heavy atom. The van der Waals surface area contributed by atoms with Gasteiger partial charge in [0, 0.05) is 16.5 Å². The second-order valence-corrected chi connectivity index (χ2v) is 14.6. The highest BCUT2D eigenvalue weighted by Crippen LogP contribution is 2.46. The van der Waals surface area contributed by atoms with Crippen LogP contribution in [0.3, 0.4) is 0 Å². The lowest BCUT2D eigenvalue weighted by Gasteiger charge is -2.15. The topological polar surface area (TPSA) is 271 Å². The van der Waals surface area contributed by atoms with Gasteiger partial charge in [0.15, 0.2) is 15.6 Å². The molecule has 0 spiro atoms. The Labute approximate surface area is 276 Å². The van der Waals surface area contributed by atoms with Crippen molar-refractivity contribution in [2.75, 3.05) is 10.6 Å². The fourth-order valence-electron chi connectivity index (χ4n) is 4.19. The second kappa shape index (κ2) is 12.7. The van der Waals surface area contributed by atoms with Crippen LogP contribution in [0.15, 0.2) is 104 Å². The third-order valence-electron chi connectivity index (χ3n) is 6.35. The summed E-state index contributed by atoms with van der Waals surface area (Å²) in [6, 6.07) is 13.4. The van der Waals surface area contributed by atoms with E-state index in [9.17, 15) is 44.6 Å². The molecule has 0 radical (unpaired) electrons. The van der Waals surface area contributed by atoms with Crippen LogP contribution < -0.4 is 10.6 Å². The lowest BCUT2D eigenvalue weighted by atomic mass is 10.1. The summed E-state index contributed by atoms with van der Waals surface area (Å²) < 4.78 is 92.7. The Morgan fingerprint density at radius 3 is 2.02 bits per heavy atom. The lowest BCUT2D eigenvalue weighted by molar-refractivity contribution is 0.471. The highest BCUT2D eigenvalue weighted by molar-refractivity contribution is 7.94. The number of halogens is 1. The van der Waals surface area contributed by atoms with Crippen molar-refractivity contribution >= 4 is 87.1 Å². The van der Waals surface area contributed by atoms with Crippen molar-refractivity contribution in [2.24, 2.45) is 10.2 Å². The second-order valence-electron chi connectivity index (χ2n) is 9.52. The first-order valence-corrected chi connectivity index (χ1v) is 17.7. The summed E-state index contributed by atoms with van der Waals surface area (Å²) in [5.41, 5.74) is -0.936. The number of para-hydroxylation sites is 1. The van der Waals surface area contributed by atoms with Crippen LogP contribution >= 0.6 is 11.6 Å². The minimum absolute atomic E-state index is 0.0267. The van der Waals surface area contributed by atoms with Gasteiger partial charge in [-0.2, -0.15) is 31.8 Å². The number of rotatable bonds is 10. The van der Waals surface area contributed by atoms with Crippen LogP contribution in [0.25, 0.3) is 10.8 Å². The highest BCUT2D eigenvalue weighted by atomic mass is 35.5. The Hall–Kier alpha value is -5.25. The predicted octanol–water partition coefficient (Wildman–Crippen LogP) is 5.40. The van der Waals surface area contributed by atoms with Crippen molar-refractivity contribution in [1.82, 2.24) is 15.0 Å². The van der Waals surface area contributed by atoms with E-state index in [4.69, 9.17) is 11.6 Å². The number of hydrogen-bond donors (Lipinski definition) is 6. The van der Waals surface area contributed by atoms with Gasteiger partial charge in [-0.3, -0.25) is 9.11 Å². The Bertz CT molecular complexity index is 2480. The molecular formula is C27H20ClN7O10S3. The highest BCUT2D eigenvalue weighted by Gasteiger charge is 2.26. The minimum Gasteiger partial charge on any atom is -0.506 e. The van der Waals surface area contributed by atoms with Gasteiger partial charge in [-0.15, -0.1) is 10.2 Å². The standard InChI is InChI=1S/C27H20ClN7O10S3/c1-2-46(38,39)16-9-7-15(8-10-16)29-26-31-25(28)32-27(33-26)30-19-13-17(47(40,41)42)11-14-12-21(48(43,44)45)23(24(37)22(14)19)35-34-18-5-3-4-6-20(18)36/h2-13,36-37H,1H2,(H,40,41,42)(H,43,44,45)(H2,29,30,31,32,33). The minimum atomic E-state index is -5.14. The molecule has 17 nitrogen and oxygen atoms in total. The number of azo groups is 1. The SMILES string of the molecule is C=CS(=O)(=O)c1ccc(Nc2nc(Cl)nc(Nc3cc(S(=O)(=O)O)cc4cc(S(=O)(=O)O)c(N=Nc5ccccc5O)c(O)c34)n2)cc1. The number of aromatic nitrogens is 3. The van der Waals surface area contributed by atoms with Gasteiger partial charge in [0.25, 0.3) is 20.2 Å². The van der Waals surface area contributed by atoms with Crippen molar-refractivity contribution in [1.29, 1.82) is 0 Å². The smallest absolute Gasteiger partial charge is 0.296 e. The molecule has 1 aromatic heterocycles. The molecule has 0 aliphatic rings. The zero-order valence-electron chi connectivity index (χ0n) is 23.7. The Morgan fingerprint density at radius 2 is 1.42 bits per heavy atom. The van der Waals surface area contributed by atoms with Crippen molar-refractivity contribution in [3.63, 3.8) is 0 Å². The van der Waals surface area contributed by atoms with Crippen molar-refractivity contribution in [2.45, 2.75) is 14.7 Å². The van der Waals surface area contributed by atoms with Gasteiger partial charge in [-0.05, 0) is 71.6 Å². The summed E-state index contributed by atoms with van der Waals surface area (Å²) in [5.74, 6) is -1.81. The largest absolute Gasteiger partial charge is 0.506 e. The molecule has 0 aliphatic carbocycles. The molecule has 248 valence electrons. The van der Waals surface area contributed by atoms with Crippen LogP contribution in [0.1, 0.15) is 0 Å². The van der Waals surface area contributed by atoms with Crippen LogP contribution in [0, 0.1) is 0 Å². The summed E-state index contributed by atoms with van der Waals surface area (Å²) >= 11 is 6.09. The Kier molecular flexibility index (Phi) is 9.05. The van der Waals surface area contributed by atoms with Crippen LogP contribution in [0.4, 0.5) is 34.6 Å². The van der Waals surface area contributed by atoms with E-state index in [1.807, 2.05) is 0 Å². The molecule has 0 atom stereocenters. The zero-order chi connectivity index (χ0) is 35.0. The maximum atomic E-state index is 12.3. The van der Waals surface area contributed by atoms with Gasteiger partial charge >= 0.3 is 0 Å². The Balaban J connectivity index is 1.65. The first-order valence-electron chi connectivity index (χ1n) is 12.9. The number of hydrogen-bond acceptors (Lipinski definition) is 15. The molecule has 0 fully saturated rings. The number of benzene rings is 4. The van der Waals surface area contributed by atoms with Crippen molar-refractivity contribution in [3.8, 4) is 11.5 Å². The zero-order valence-corrected chi connectivity index (χ0v) is 26.9. The summed E-state index contributed by atoms with van der Waals surface area (Å²) in [6.07, 6.45) is 0. The van der Waals surface area contributed by atoms with Crippen molar-refractivity contribution < 1.29 is 44.6 Å². The fourth-order valence-corrected chi connectivity index (χ4v) is 6.26. The molecule has 0 bridgehead atoms. The number of nitrogens with one attached hydrogen (secondary N) is 2. The molecular weight excluding hydrogens is 714 g/mol. The first kappa shape index (κ1) is 34.1. The molecule has 0 saturated heterocycles. The number of phenols is 2. The van der Waals surface area contributed by atoms with E-state index >= 15 is 0 Å². The molecule has 0 saturated carbocycles. The molecule has 21 heteroatoms. The summed E-state index contributed by atoms with van der Waals surface area (Å²) in [5, 5.41) is 34.0. The molecule has 5 aromatic rings. The van der Waals surface area contributed by atoms with Crippen LogP contribution in [-0.2, 0) is 30.1 Å². The van der Waals surface area contributed by atoms with E-state index in [0.717, 1.165) is 23.6 Å². The van der Waals surface area contributed by atoms with E-state index in [1.54, 1.807) is 0 Å². The average molecular weight is 734 g/mol. The molecule has 48 heavy (non-hydrogen) atoms. The van der Waals surface area contributed by atoms with Crippen LogP contribution in [0.5, 0.6) is 11.5 Å². The number of anilines is 4. The quantitative estimate of drug-likeness (QED) is 0.0774. The van der Waals surface area contributed by atoms with Gasteiger partial charge in [0.05, 0.1) is 15.5 Å². The molecule has 1 heterocycles. The normalized spacial score (nSPS) is 12.3.